The molecular weight excluding hydrogens is 374 g/mol. The predicted octanol–water partition coefficient (Wildman–Crippen LogP) is 5.51. The van der Waals surface area contributed by atoms with E-state index in [0.717, 1.165) is 49.5 Å². The Kier molecular flexibility index (Phi) is 4.86. The van der Waals surface area contributed by atoms with Crippen LogP contribution in [-0.4, -0.2) is 23.3 Å². The van der Waals surface area contributed by atoms with E-state index in [4.69, 9.17) is 9.26 Å². The molecule has 1 N–H and O–H groups in total. The Balaban J connectivity index is 1.26. The van der Waals surface area contributed by atoms with Gasteiger partial charge in [0.2, 0.25) is 0 Å². The van der Waals surface area contributed by atoms with E-state index in [1.165, 1.54) is 24.0 Å². The first kappa shape index (κ1) is 19.3. The zero-order valence-electron chi connectivity index (χ0n) is 17.8. The van der Waals surface area contributed by atoms with Gasteiger partial charge in [0.05, 0.1) is 12.2 Å². The molecule has 2 aromatic carbocycles. The zero-order chi connectivity index (χ0) is 20.6. The summed E-state index contributed by atoms with van der Waals surface area (Å²) < 4.78 is 11.9. The highest BCUT2D eigenvalue weighted by atomic mass is 16.5. The topological polar surface area (TPSA) is 60.2 Å². The van der Waals surface area contributed by atoms with Gasteiger partial charge in [0.15, 0.2) is 5.82 Å². The first-order valence-corrected chi connectivity index (χ1v) is 11.0. The Hall–Kier alpha value is -2.66. The van der Waals surface area contributed by atoms with Crippen molar-refractivity contribution in [1.82, 2.24) is 10.1 Å². The second-order valence-electron chi connectivity index (χ2n) is 8.96. The lowest BCUT2D eigenvalue weighted by molar-refractivity contribution is -0.185. The Labute approximate surface area is 177 Å². The average Bonchev–Trinajstić information content (AvgIpc) is 3.29. The summed E-state index contributed by atoms with van der Waals surface area (Å²) in [6.07, 6.45) is 5.35. The number of aryl methyl sites for hydroxylation is 2. The van der Waals surface area contributed by atoms with Crippen LogP contribution in [0.2, 0.25) is 0 Å². The van der Waals surface area contributed by atoms with E-state index in [0.29, 0.717) is 5.89 Å². The molecule has 2 saturated heterocycles. The molecule has 5 nitrogen and oxygen atoms in total. The lowest BCUT2D eigenvalue weighted by atomic mass is 9.64. The molecule has 156 valence electrons. The van der Waals surface area contributed by atoms with Gasteiger partial charge in [-0.2, -0.15) is 4.98 Å². The minimum atomic E-state index is -0.0807. The number of ether oxygens (including phenoxy) is 1. The monoisotopic (exact) mass is 403 g/mol. The van der Waals surface area contributed by atoms with Gasteiger partial charge in [-0.15, -0.1) is 0 Å². The predicted molar refractivity (Wildman–Crippen MR) is 117 cm³/mol. The summed E-state index contributed by atoms with van der Waals surface area (Å²) in [5, 5.41) is 7.66. The highest BCUT2D eigenvalue weighted by Gasteiger charge is 2.50. The van der Waals surface area contributed by atoms with Crippen molar-refractivity contribution in [2.75, 3.05) is 18.5 Å². The number of rotatable bonds is 6. The van der Waals surface area contributed by atoms with E-state index in [1.54, 1.807) is 0 Å². The van der Waals surface area contributed by atoms with Gasteiger partial charge in [-0.25, -0.2) is 0 Å². The second-order valence-corrected chi connectivity index (χ2v) is 8.96. The first-order chi connectivity index (χ1) is 14.6. The van der Waals surface area contributed by atoms with Gasteiger partial charge in [-0.3, -0.25) is 0 Å². The highest BCUT2D eigenvalue weighted by Crippen LogP contribution is 2.53. The Morgan fingerprint density at radius 3 is 2.57 bits per heavy atom. The molecular formula is C25H29N3O2. The van der Waals surface area contributed by atoms with Crippen LogP contribution in [0.15, 0.2) is 53.1 Å². The van der Waals surface area contributed by atoms with Crippen molar-refractivity contribution < 1.29 is 9.26 Å². The molecule has 0 spiro atoms. The van der Waals surface area contributed by atoms with Crippen LogP contribution < -0.4 is 5.32 Å². The molecule has 3 aliphatic rings. The maximum Gasteiger partial charge on any atom is 0.257 e. The Bertz CT molecular complexity index is 1020. The Morgan fingerprint density at radius 2 is 1.87 bits per heavy atom. The van der Waals surface area contributed by atoms with Gasteiger partial charge in [-0.05, 0) is 56.4 Å². The van der Waals surface area contributed by atoms with Crippen molar-refractivity contribution >= 4 is 5.69 Å². The smallest absolute Gasteiger partial charge is 0.257 e. The largest absolute Gasteiger partial charge is 0.384 e. The third-order valence-electron chi connectivity index (χ3n) is 6.88. The number of nitrogens with zero attached hydrogens (tertiary/aromatic N) is 2. The molecule has 1 saturated carbocycles. The van der Waals surface area contributed by atoms with E-state index < -0.39 is 0 Å². The van der Waals surface area contributed by atoms with Crippen LogP contribution >= 0.6 is 0 Å². The van der Waals surface area contributed by atoms with E-state index in [1.807, 2.05) is 19.1 Å². The molecule has 30 heavy (non-hydrogen) atoms. The summed E-state index contributed by atoms with van der Waals surface area (Å²) >= 11 is 0. The summed E-state index contributed by atoms with van der Waals surface area (Å²) in [6.45, 7) is 5.92. The lowest BCUT2D eigenvalue weighted by Crippen LogP contribution is -2.51. The molecule has 2 bridgehead atoms. The quantitative estimate of drug-likeness (QED) is 0.588. The molecule has 3 heterocycles. The number of nitrogens with one attached hydrogen (secondary N) is 1. The van der Waals surface area contributed by atoms with Crippen LogP contribution in [0.4, 0.5) is 5.69 Å². The molecule has 0 amide bonds. The third kappa shape index (κ3) is 3.52. The fourth-order valence-corrected chi connectivity index (χ4v) is 4.86. The normalized spacial score (nSPS) is 25.4. The van der Waals surface area contributed by atoms with E-state index in [-0.39, 0.29) is 11.0 Å². The van der Waals surface area contributed by atoms with Gasteiger partial charge in [0.1, 0.15) is 0 Å². The van der Waals surface area contributed by atoms with Crippen molar-refractivity contribution in [3.63, 3.8) is 0 Å². The highest BCUT2D eigenvalue weighted by molar-refractivity contribution is 5.61. The van der Waals surface area contributed by atoms with Gasteiger partial charge in [-0.1, -0.05) is 48.0 Å². The molecule has 6 rings (SSSR count). The third-order valence-corrected chi connectivity index (χ3v) is 6.88. The average molecular weight is 404 g/mol. The number of hydrogen-bond acceptors (Lipinski definition) is 5. The lowest BCUT2D eigenvalue weighted by Gasteiger charge is -2.53. The van der Waals surface area contributed by atoms with Gasteiger partial charge < -0.3 is 14.6 Å². The van der Waals surface area contributed by atoms with E-state index >= 15 is 0 Å². The van der Waals surface area contributed by atoms with Gasteiger partial charge in [0.25, 0.3) is 5.89 Å². The van der Waals surface area contributed by atoms with Crippen molar-refractivity contribution in [3.05, 3.63) is 65.5 Å². The molecule has 2 aliphatic heterocycles. The van der Waals surface area contributed by atoms with Crippen molar-refractivity contribution in [1.29, 1.82) is 0 Å². The maximum absolute atomic E-state index is 6.53. The van der Waals surface area contributed by atoms with E-state index in [2.05, 4.69) is 58.8 Å². The second kappa shape index (κ2) is 7.55. The molecule has 1 aromatic heterocycles. The molecule has 1 aliphatic carbocycles. The summed E-state index contributed by atoms with van der Waals surface area (Å²) in [7, 11) is 0. The number of benzene rings is 2. The van der Waals surface area contributed by atoms with Crippen LogP contribution in [0.25, 0.3) is 11.5 Å². The van der Waals surface area contributed by atoms with Crippen LogP contribution in [0, 0.1) is 12.3 Å². The summed E-state index contributed by atoms with van der Waals surface area (Å²) in [5.41, 5.74) is 4.82. The Morgan fingerprint density at radius 1 is 1.03 bits per heavy atom. The van der Waals surface area contributed by atoms with Crippen LogP contribution in [-0.2, 0) is 16.8 Å². The molecule has 0 radical (unpaired) electrons. The number of anilines is 1. The molecule has 3 fully saturated rings. The van der Waals surface area contributed by atoms with Crippen LogP contribution in [0.1, 0.15) is 49.6 Å². The fourth-order valence-electron chi connectivity index (χ4n) is 4.86. The number of fused-ring (bicyclic) bond motifs is 3. The zero-order valence-corrected chi connectivity index (χ0v) is 17.8. The SMILES string of the molecule is CCc1noc(-c2cccc(NCC34CCC(c5cccc(C)c5)(CC3)OC4)c2)n1. The van der Waals surface area contributed by atoms with Crippen molar-refractivity contribution in [2.45, 2.75) is 51.6 Å². The fraction of sp³-hybridized carbons (Fsp3) is 0.440. The minimum absolute atomic E-state index is 0.0807. The van der Waals surface area contributed by atoms with Crippen LogP contribution in [0.3, 0.4) is 0 Å². The summed E-state index contributed by atoms with van der Waals surface area (Å²) in [4.78, 5) is 4.44. The van der Waals surface area contributed by atoms with E-state index in [9.17, 15) is 0 Å². The van der Waals surface area contributed by atoms with Crippen LogP contribution in [0.5, 0.6) is 0 Å². The molecule has 5 heteroatoms. The van der Waals surface area contributed by atoms with Crippen molar-refractivity contribution in [2.24, 2.45) is 5.41 Å². The first-order valence-electron chi connectivity index (χ1n) is 11.0. The maximum atomic E-state index is 6.53. The summed E-state index contributed by atoms with van der Waals surface area (Å²) in [6, 6.07) is 17.1. The molecule has 3 aromatic rings. The number of aromatic nitrogens is 2. The van der Waals surface area contributed by atoms with Gasteiger partial charge >= 0.3 is 0 Å². The molecule has 0 atom stereocenters. The summed E-state index contributed by atoms with van der Waals surface area (Å²) in [5.74, 6) is 1.32. The molecule has 0 unspecified atom stereocenters. The standard InChI is InChI=1S/C25H29N3O2/c1-3-22-27-23(30-28-22)19-7-5-9-21(15-19)26-16-24-10-12-25(13-11-24,29-17-24)20-8-4-6-18(2)14-20/h4-9,14-15,26H,3,10-13,16-17H2,1-2H3. The number of hydrogen-bond donors (Lipinski definition) is 1. The van der Waals surface area contributed by atoms with Crippen molar-refractivity contribution in [3.8, 4) is 11.5 Å². The minimum Gasteiger partial charge on any atom is -0.384 e. The van der Waals surface area contributed by atoms with Gasteiger partial charge in [0, 0.05) is 29.6 Å².